The zero-order valence-corrected chi connectivity index (χ0v) is 18.4. The first-order valence-corrected chi connectivity index (χ1v) is 8.94. The van der Waals surface area contributed by atoms with Gasteiger partial charge >= 0.3 is 0 Å². The van der Waals surface area contributed by atoms with E-state index in [0.717, 1.165) is 25.7 Å². The topological polar surface area (TPSA) is 34.1 Å². The monoisotopic (exact) mass is 389 g/mol. The molecule has 0 amide bonds. The van der Waals surface area contributed by atoms with E-state index in [0.29, 0.717) is 5.41 Å². The van der Waals surface area contributed by atoms with Gasteiger partial charge in [0.05, 0.1) is 0 Å². The summed E-state index contributed by atoms with van der Waals surface area (Å²) >= 11 is 0. The zero-order valence-electron chi connectivity index (χ0n) is 14.8. The van der Waals surface area contributed by atoms with E-state index in [1.54, 1.807) is 0 Å². The molecule has 0 aromatic carbocycles. The third-order valence-electron chi connectivity index (χ3n) is 2.35. The molecule has 0 heterocycles. The fourth-order valence-corrected chi connectivity index (χ4v) is 2.06. The van der Waals surface area contributed by atoms with Crippen LogP contribution >= 0.6 is 0 Å². The van der Waals surface area contributed by atoms with Crippen LogP contribution in [0.25, 0.3) is 0 Å². The summed E-state index contributed by atoms with van der Waals surface area (Å²) in [5.41, 5.74) is 0.491. The maximum Gasteiger partial charge on any atom is 0.0214 e. The van der Waals surface area contributed by atoms with E-state index in [9.17, 15) is 8.42 Å². The molecule has 0 unspecified atom stereocenters. The summed E-state index contributed by atoms with van der Waals surface area (Å²) < 4.78 is 21.4. The Kier molecular flexibility index (Phi) is 15.0. The number of rotatable bonds is 5. The molecule has 0 bridgehead atoms. The van der Waals surface area contributed by atoms with Gasteiger partial charge in [0.1, 0.15) is 0 Å². The first-order valence-electron chi connectivity index (χ1n) is 7.12. The molecular weight excluding hydrogens is 357 g/mol. The van der Waals surface area contributed by atoms with Gasteiger partial charge in [0.2, 0.25) is 0 Å². The maximum absolute atomic E-state index is 10.7. The number of hydrogen-bond donors (Lipinski definition) is 0. The SMILES string of the molecule is [CH2-]C#CC(C)(C)C.[CH2-]S(=O)(=O)CCCCCC(C)(C)C.[Y]. The van der Waals surface area contributed by atoms with Gasteiger partial charge in [-0.2, -0.15) is 6.92 Å². The van der Waals surface area contributed by atoms with Gasteiger partial charge in [0.25, 0.3) is 0 Å². The molecule has 0 saturated carbocycles. The summed E-state index contributed by atoms with van der Waals surface area (Å²) in [6, 6.07) is 0. The Morgan fingerprint density at radius 2 is 1.43 bits per heavy atom. The average molecular weight is 389 g/mol. The standard InChI is InChI=1S/C10H21O2S.C7H11.Y/c1-10(2,3)8-6-5-7-9-13(4,11)12;1-5-6-7(2,3)4;/h4-9H2,1-3H3;1H2,2-4H3;/q2*-1;. The molecule has 0 spiro atoms. The van der Waals surface area contributed by atoms with Crippen LogP contribution in [0.2, 0.25) is 0 Å². The minimum atomic E-state index is -2.99. The van der Waals surface area contributed by atoms with Crippen LogP contribution in [-0.4, -0.2) is 14.2 Å². The van der Waals surface area contributed by atoms with Crippen LogP contribution in [0, 0.1) is 35.9 Å². The summed E-state index contributed by atoms with van der Waals surface area (Å²) in [5, 5.41) is 0. The van der Waals surface area contributed by atoms with E-state index in [1.165, 1.54) is 0 Å². The van der Waals surface area contributed by atoms with Gasteiger partial charge in [-0.1, -0.05) is 59.8 Å². The average Bonchev–Trinajstić information content (AvgIpc) is 2.12. The number of unbranched alkanes of at least 4 members (excludes halogenated alkanes) is 2. The van der Waals surface area contributed by atoms with Gasteiger partial charge in [-0.3, -0.25) is 14.3 Å². The van der Waals surface area contributed by atoms with Crippen molar-refractivity contribution in [2.45, 2.75) is 67.2 Å². The molecule has 0 aromatic heterocycles. The fourth-order valence-electron chi connectivity index (χ4n) is 1.42. The number of hydrogen-bond acceptors (Lipinski definition) is 2. The largest absolute Gasteiger partial charge is 0.322 e. The normalized spacial score (nSPS) is 11.4. The summed E-state index contributed by atoms with van der Waals surface area (Å²) in [6.45, 7) is 16.2. The minimum absolute atomic E-state index is 0. The van der Waals surface area contributed by atoms with Gasteiger partial charge in [0.15, 0.2) is 0 Å². The summed E-state index contributed by atoms with van der Waals surface area (Å²) in [4.78, 5) is 0. The van der Waals surface area contributed by atoms with Crippen molar-refractivity contribution in [2.24, 2.45) is 10.8 Å². The third-order valence-corrected chi connectivity index (χ3v) is 3.26. The second-order valence-electron chi connectivity index (χ2n) is 7.37. The van der Waals surface area contributed by atoms with Crippen molar-refractivity contribution in [3.8, 4) is 11.8 Å². The Hall–Kier alpha value is 0.484. The van der Waals surface area contributed by atoms with Crippen LogP contribution in [0.5, 0.6) is 0 Å². The van der Waals surface area contributed by atoms with Crippen LogP contribution in [-0.2, 0) is 42.5 Å². The van der Waals surface area contributed by atoms with E-state index in [4.69, 9.17) is 0 Å². The molecule has 0 aliphatic heterocycles. The predicted molar refractivity (Wildman–Crippen MR) is 89.7 cm³/mol. The molecule has 1 radical (unpaired) electrons. The van der Waals surface area contributed by atoms with E-state index in [2.05, 4.69) is 66.6 Å². The Morgan fingerprint density at radius 3 is 1.67 bits per heavy atom. The molecule has 0 rings (SSSR count). The molecule has 0 saturated heterocycles. The van der Waals surface area contributed by atoms with Crippen LogP contribution < -0.4 is 0 Å². The Labute approximate surface area is 159 Å². The first-order chi connectivity index (χ1) is 8.77. The van der Waals surface area contributed by atoms with Crippen molar-refractivity contribution in [1.82, 2.24) is 0 Å². The van der Waals surface area contributed by atoms with Crippen molar-refractivity contribution in [2.75, 3.05) is 5.75 Å². The molecule has 123 valence electrons. The van der Waals surface area contributed by atoms with Gasteiger partial charge < -0.3 is 5.92 Å². The Balaban J connectivity index is -0.000000347. The maximum atomic E-state index is 10.7. The van der Waals surface area contributed by atoms with Crippen molar-refractivity contribution in [3.63, 3.8) is 0 Å². The molecule has 0 aromatic rings. The van der Waals surface area contributed by atoms with Gasteiger partial charge in [-0.05, 0) is 18.3 Å². The van der Waals surface area contributed by atoms with Gasteiger partial charge in [0, 0.05) is 48.3 Å². The molecule has 0 fully saturated rings. The quantitative estimate of drug-likeness (QED) is 0.389. The molecule has 0 atom stereocenters. The third kappa shape index (κ3) is 33.4. The molecule has 0 N–H and O–H groups in total. The summed E-state index contributed by atoms with van der Waals surface area (Å²) in [7, 11) is -2.99. The molecular formula is C17H32O2SY-2. The van der Waals surface area contributed by atoms with Crippen molar-refractivity contribution in [3.05, 3.63) is 13.2 Å². The van der Waals surface area contributed by atoms with E-state index in [1.807, 2.05) is 0 Å². The van der Waals surface area contributed by atoms with Gasteiger partial charge in [-0.15, -0.1) is 0 Å². The molecule has 0 aliphatic rings. The predicted octanol–water partition coefficient (Wildman–Crippen LogP) is 4.67. The van der Waals surface area contributed by atoms with Crippen LogP contribution in [0.15, 0.2) is 0 Å². The first kappa shape index (κ1) is 26.4. The van der Waals surface area contributed by atoms with Crippen LogP contribution in [0.4, 0.5) is 0 Å². The van der Waals surface area contributed by atoms with E-state index in [-0.39, 0.29) is 43.9 Å². The number of sulfone groups is 1. The fraction of sp³-hybridized carbons (Fsp3) is 0.765. The van der Waals surface area contributed by atoms with Crippen molar-refractivity contribution < 1.29 is 41.1 Å². The molecule has 4 heteroatoms. The second-order valence-corrected chi connectivity index (χ2v) is 9.27. The molecule has 0 aliphatic carbocycles. The van der Waals surface area contributed by atoms with E-state index < -0.39 is 9.84 Å². The molecule has 21 heavy (non-hydrogen) atoms. The van der Waals surface area contributed by atoms with Crippen LogP contribution in [0.1, 0.15) is 67.2 Å². The summed E-state index contributed by atoms with van der Waals surface area (Å²) in [6.07, 6.45) is 7.10. The van der Waals surface area contributed by atoms with Gasteiger partial charge in [-0.25, -0.2) is 6.26 Å². The molecule has 2 nitrogen and oxygen atoms in total. The van der Waals surface area contributed by atoms with Crippen molar-refractivity contribution >= 4 is 9.84 Å². The Bertz CT molecular complexity index is 401. The van der Waals surface area contributed by atoms with E-state index >= 15 is 0 Å². The summed E-state index contributed by atoms with van der Waals surface area (Å²) in [5.74, 6) is 5.76. The zero-order chi connectivity index (χ0) is 16.4. The second kappa shape index (κ2) is 12.0. The van der Waals surface area contributed by atoms with Crippen molar-refractivity contribution in [1.29, 1.82) is 0 Å². The Morgan fingerprint density at radius 1 is 0.952 bits per heavy atom. The van der Waals surface area contributed by atoms with Crippen LogP contribution in [0.3, 0.4) is 0 Å². The smallest absolute Gasteiger partial charge is 0.0214 e. The minimum Gasteiger partial charge on any atom is -0.322 e.